The molecule has 0 amide bonds. The van der Waals surface area contributed by atoms with Crippen molar-refractivity contribution in [1.82, 2.24) is 5.32 Å². The van der Waals surface area contributed by atoms with Gasteiger partial charge in [-0.2, -0.15) is 0 Å². The van der Waals surface area contributed by atoms with Crippen molar-refractivity contribution in [2.24, 2.45) is 0 Å². The molecule has 0 bridgehead atoms. The van der Waals surface area contributed by atoms with Crippen LogP contribution in [0.5, 0.6) is 0 Å². The summed E-state index contributed by atoms with van der Waals surface area (Å²) < 4.78 is 10.4. The van der Waals surface area contributed by atoms with Crippen LogP contribution in [0, 0.1) is 0 Å². The lowest BCUT2D eigenvalue weighted by Gasteiger charge is -2.27. The van der Waals surface area contributed by atoms with Crippen molar-refractivity contribution in [3.05, 3.63) is 0 Å². The maximum absolute atomic E-state index is 5.44. The van der Waals surface area contributed by atoms with E-state index in [0.29, 0.717) is 12.6 Å². The number of rotatable bonds is 2. The monoisotopic (exact) mass is 145 g/mol. The molecule has 0 aromatic carbocycles. The highest BCUT2D eigenvalue weighted by Crippen LogP contribution is 1.99. The molecular weight excluding hydrogens is 130 g/mol. The van der Waals surface area contributed by atoms with Crippen molar-refractivity contribution in [2.45, 2.75) is 19.1 Å². The fourth-order valence-corrected chi connectivity index (χ4v) is 1.02. The van der Waals surface area contributed by atoms with Gasteiger partial charge in [0.2, 0.25) is 0 Å². The first-order chi connectivity index (χ1) is 4.83. The Hall–Kier alpha value is -0.120. The minimum atomic E-state index is 0.251. The predicted octanol–water partition coefficient (Wildman–Crippen LogP) is 0.00970. The maximum Gasteiger partial charge on any atom is 0.0933 e. The summed E-state index contributed by atoms with van der Waals surface area (Å²) in [5, 5.41) is 3.31. The molecule has 10 heavy (non-hydrogen) atoms. The van der Waals surface area contributed by atoms with Crippen LogP contribution >= 0.6 is 0 Å². The van der Waals surface area contributed by atoms with Gasteiger partial charge in [0, 0.05) is 19.7 Å². The molecule has 60 valence electrons. The third-order valence-electron chi connectivity index (χ3n) is 1.63. The van der Waals surface area contributed by atoms with Gasteiger partial charge in [-0.1, -0.05) is 0 Å². The van der Waals surface area contributed by atoms with Crippen molar-refractivity contribution >= 4 is 0 Å². The van der Waals surface area contributed by atoms with Gasteiger partial charge in [-0.05, 0) is 6.92 Å². The summed E-state index contributed by atoms with van der Waals surface area (Å²) in [6.45, 7) is 4.52. The zero-order valence-electron chi connectivity index (χ0n) is 6.59. The summed E-state index contributed by atoms with van der Waals surface area (Å²) in [6, 6.07) is 0.494. The van der Waals surface area contributed by atoms with E-state index in [-0.39, 0.29) is 6.10 Å². The van der Waals surface area contributed by atoms with Gasteiger partial charge in [0.1, 0.15) is 0 Å². The number of nitrogens with one attached hydrogen (secondary N) is 1. The Labute approximate surface area is 61.7 Å². The molecule has 1 unspecified atom stereocenters. The zero-order chi connectivity index (χ0) is 7.40. The predicted molar refractivity (Wildman–Crippen MR) is 39.1 cm³/mol. The molecule has 2 atom stereocenters. The van der Waals surface area contributed by atoms with E-state index in [0.717, 1.165) is 13.2 Å². The van der Waals surface area contributed by atoms with E-state index in [1.54, 1.807) is 7.11 Å². The quantitative estimate of drug-likeness (QED) is 0.593. The summed E-state index contributed by atoms with van der Waals surface area (Å²) in [4.78, 5) is 0. The Morgan fingerprint density at radius 1 is 1.70 bits per heavy atom. The highest BCUT2D eigenvalue weighted by atomic mass is 16.5. The van der Waals surface area contributed by atoms with Gasteiger partial charge >= 0.3 is 0 Å². The minimum Gasteiger partial charge on any atom is -0.382 e. The molecule has 0 aliphatic carbocycles. The lowest BCUT2D eigenvalue weighted by atomic mass is 10.2. The first-order valence-corrected chi connectivity index (χ1v) is 3.67. The normalized spacial score (nSPS) is 34.2. The van der Waals surface area contributed by atoms with Crippen LogP contribution in [-0.4, -0.2) is 39.0 Å². The summed E-state index contributed by atoms with van der Waals surface area (Å²) >= 11 is 0. The van der Waals surface area contributed by atoms with Crippen molar-refractivity contribution in [3.8, 4) is 0 Å². The summed E-state index contributed by atoms with van der Waals surface area (Å²) in [6.07, 6.45) is 0.251. The van der Waals surface area contributed by atoms with Gasteiger partial charge in [-0.15, -0.1) is 0 Å². The number of ether oxygens (including phenoxy) is 2. The van der Waals surface area contributed by atoms with E-state index in [4.69, 9.17) is 9.47 Å². The van der Waals surface area contributed by atoms with Crippen LogP contribution in [-0.2, 0) is 9.47 Å². The first kappa shape index (κ1) is 7.98. The van der Waals surface area contributed by atoms with Gasteiger partial charge in [0.05, 0.1) is 19.3 Å². The molecule has 1 heterocycles. The van der Waals surface area contributed by atoms with E-state index < -0.39 is 0 Å². The topological polar surface area (TPSA) is 30.5 Å². The molecule has 1 N–H and O–H groups in total. The van der Waals surface area contributed by atoms with E-state index >= 15 is 0 Å². The molecule has 1 rings (SSSR count). The summed E-state index contributed by atoms with van der Waals surface area (Å²) in [5.41, 5.74) is 0. The van der Waals surface area contributed by atoms with Crippen molar-refractivity contribution in [2.75, 3.05) is 26.9 Å². The molecule has 0 spiro atoms. The SMILES string of the molecule is COC[C@H]1CNC(C)CO1. The number of hydrogen-bond acceptors (Lipinski definition) is 3. The van der Waals surface area contributed by atoms with E-state index in [1.807, 2.05) is 0 Å². The third-order valence-corrected chi connectivity index (χ3v) is 1.63. The molecule has 0 aromatic rings. The third kappa shape index (κ3) is 2.25. The van der Waals surface area contributed by atoms with E-state index in [1.165, 1.54) is 0 Å². The van der Waals surface area contributed by atoms with Gasteiger partial charge < -0.3 is 14.8 Å². The fourth-order valence-electron chi connectivity index (χ4n) is 1.02. The second-order valence-corrected chi connectivity index (χ2v) is 2.72. The maximum atomic E-state index is 5.44. The van der Waals surface area contributed by atoms with Gasteiger partial charge in [-0.3, -0.25) is 0 Å². The van der Waals surface area contributed by atoms with Gasteiger partial charge in [0.25, 0.3) is 0 Å². The molecule has 0 radical (unpaired) electrons. The van der Waals surface area contributed by atoms with Gasteiger partial charge in [0.15, 0.2) is 0 Å². The van der Waals surface area contributed by atoms with E-state index in [2.05, 4.69) is 12.2 Å². The fraction of sp³-hybridized carbons (Fsp3) is 1.00. The highest BCUT2D eigenvalue weighted by Gasteiger charge is 2.16. The molecule has 1 aliphatic heterocycles. The van der Waals surface area contributed by atoms with Crippen LogP contribution in [0.2, 0.25) is 0 Å². The Balaban J connectivity index is 2.13. The summed E-state index contributed by atoms with van der Waals surface area (Å²) in [5.74, 6) is 0. The number of methoxy groups -OCH3 is 1. The Morgan fingerprint density at radius 3 is 3.00 bits per heavy atom. The average Bonchev–Trinajstić information content (AvgIpc) is 1.95. The Morgan fingerprint density at radius 2 is 2.50 bits per heavy atom. The van der Waals surface area contributed by atoms with Crippen molar-refractivity contribution < 1.29 is 9.47 Å². The largest absolute Gasteiger partial charge is 0.382 e. The summed E-state index contributed by atoms with van der Waals surface area (Å²) in [7, 11) is 1.70. The minimum absolute atomic E-state index is 0.251. The van der Waals surface area contributed by atoms with Crippen LogP contribution in [0.15, 0.2) is 0 Å². The average molecular weight is 145 g/mol. The van der Waals surface area contributed by atoms with Crippen LogP contribution in [0.1, 0.15) is 6.92 Å². The standard InChI is InChI=1S/C7H15NO2/c1-6-4-10-7(3-8-6)5-9-2/h6-8H,3-5H2,1-2H3/t6?,7-/m1/s1. The Bertz CT molecular complexity index is 89.6. The van der Waals surface area contributed by atoms with Crippen LogP contribution in [0.3, 0.4) is 0 Å². The molecule has 3 nitrogen and oxygen atoms in total. The molecule has 3 heteroatoms. The van der Waals surface area contributed by atoms with Crippen molar-refractivity contribution in [1.29, 1.82) is 0 Å². The smallest absolute Gasteiger partial charge is 0.0933 e. The van der Waals surface area contributed by atoms with Crippen molar-refractivity contribution in [3.63, 3.8) is 0 Å². The molecule has 0 aromatic heterocycles. The second-order valence-electron chi connectivity index (χ2n) is 2.72. The first-order valence-electron chi connectivity index (χ1n) is 3.67. The molecular formula is C7H15NO2. The zero-order valence-corrected chi connectivity index (χ0v) is 6.59. The van der Waals surface area contributed by atoms with E-state index in [9.17, 15) is 0 Å². The van der Waals surface area contributed by atoms with Crippen LogP contribution in [0.25, 0.3) is 0 Å². The molecule has 1 saturated heterocycles. The lowest BCUT2D eigenvalue weighted by molar-refractivity contribution is -0.0330. The second kappa shape index (κ2) is 3.91. The lowest BCUT2D eigenvalue weighted by Crippen LogP contribution is -2.46. The van der Waals surface area contributed by atoms with Crippen LogP contribution in [0.4, 0.5) is 0 Å². The van der Waals surface area contributed by atoms with Gasteiger partial charge in [-0.25, -0.2) is 0 Å². The van der Waals surface area contributed by atoms with Crippen LogP contribution < -0.4 is 5.32 Å². The number of hydrogen-bond donors (Lipinski definition) is 1. The highest BCUT2D eigenvalue weighted by molar-refractivity contribution is 4.71. The molecule has 1 aliphatic rings. The Kier molecular flexibility index (Phi) is 3.12. The molecule has 1 fully saturated rings. The number of morpholine rings is 1. The molecule has 0 saturated carbocycles.